The van der Waals surface area contributed by atoms with Gasteiger partial charge >= 0.3 is 0 Å². The Kier molecular flexibility index (Phi) is 3.54. The van der Waals surface area contributed by atoms with Gasteiger partial charge in [-0.25, -0.2) is 4.98 Å². The Morgan fingerprint density at radius 3 is 2.78 bits per heavy atom. The lowest BCUT2D eigenvalue weighted by Crippen LogP contribution is -2.19. The second kappa shape index (κ2) is 6.07. The Bertz CT molecular complexity index is 1240. The Hall–Kier alpha value is -3.45. The Morgan fingerprint density at radius 1 is 1.11 bits per heavy atom. The molecular formula is C20H15N5OS. The van der Waals surface area contributed by atoms with E-state index in [0.29, 0.717) is 10.8 Å². The first-order valence-electron chi connectivity index (χ1n) is 8.53. The molecule has 2 heterocycles. The topological polar surface area (TPSA) is 74.2 Å². The lowest BCUT2D eigenvalue weighted by molar-refractivity contribution is 1.00. The molecule has 0 bridgehead atoms. The number of nitrogens with zero attached hydrogens (tertiary/aromatic N) is 2. The fourth-order valence-corrected chi connectivity index (χ4v) is 3.74. The van der Waals surface area contributed by atoms with Crippen molar-refractivity contribution in [3.05, 3.63) is 82.5 Å². The molecule has 0 atom stereocenters. The van der Waals surface area contributed by atoms with Crippen molar-refractivity contribution in [3.63, 3.8) is 0 Å². The van der Waals surface area contributed by atoms with Gasteiger partial charge < -0.3 is 15.6 Å². The van der Waals surface area contributed by atoms with Crippen molar-refractivity contribution in [2.45, 2.75) is 6.42 Å². The van der Waals surface area contributed by atoms with Crippen LogP contribution < -0.4 is 16.2 Å². The van der Waals surface area contributed by atoms with Crippen molar-refractivity contribution >= 4 is 34.4 Å². The van der Waals surface area contributed by atoms with Crippen molar-refractivity contribution < 1.29 is 0 Å². The molecule has 1 aliphatic rings. The van der Waals surface area contributed by atoms with Crippen LogP contribution in [0, 0.1) is 0 Å². The van der Waals surface area contributed by atoms with Gasteiger partial charge in [-0.1, -0.05) is 24.3 Å². The lowest BCUT2D eigenvalue weighted by Gasteiger charge is -2.11. The summed E-state index contributed by atoms with van der Waals surface area (Å²) in [6.07, 6.45) is 4.20. The highest BCUT2D eigenvalue weighted by Gasteiger charge is 2.23. The van der Waals surface area contributed by atoms with Gasteiger partial charge in [-0.05, 0) is 42.0 Å². The lowest BCUT2D eigenvalue weighted by atomic mass is 10.1. The van der Waals surface area contributed by atoms with E-state index in [1.54, 1.807) is 6.20 Å². The number of H-pyrrole nitrogens is 1. The molecule has 0 saturated heterocycles. The first-order chi connectivity index (χ1) is 13.2. The number of aromatic amines is 1. The number of hydrogen-bond donors (Lipinski definition) is 3. The second-order valence-electron chi connectivity index (χ2n) is 6.39. The molecule has 5 rings (SSSR count). The summed E-state index contributed by atoms with van der Waals surface area (Å²) in [7, 11) is 0. The summed E-state index contributed by atoms with van der Waals surface area (Å²) in [5.41, 5.74) is 6.15. The first-order valence-corrected chi connectivity index (χ1v) is 8.94. The summed E-state index contributed by atoms with van der Waals surface area (Å²) in [5.74, 6) is 0. The maximum Gasteiger partial charge on any atom is 0.292 e. The minimum Gasteiger partial charge on any atom is -0.332 e. The zero-order valence-corrected chi connectivity index (χ0v) is 15.0. The molecule has 0 radical (unpaired) electrons. The van der Waals surface area contributed by atoms with Crippen LogP contribution >= 0.6 is 12.2 Å². The van der Waals surface area contributed by atoms with Gasteiger partial charge in [0.1, 0.15) is 0 Å². The molecule has 2 aromatic carbocycles. The number of fused-ring (bicyclic) bond motifs is 5. The maximum atomic E-state index is 12.2. The van der Waals surface area contributed by atoms with Crippen LogP contribution in [0.1, 0.15) is 11.3 Å². The normalized spacial score (nSPS) is 11.9. The van der Waals surface area contributed by atoms with E-state index in [1.165, 1.54) is 0 Å². The molecule has 0 unspecified atom stereocenters. The number of para-hydroxylation sites is 1. The maximum absolute atomic E-state index is 12.2. The van der Waals surface area contributed by atoms with E-state index in [1.807, 2.05) is 53.1 Å². The smallest absolute Gasteiger partial charge is 0.292 e. The van der Waals surface area contributed by atoms with Crippen LogP contribution in [0.2, 0.25) is 0 Å². The van der Waals surface area contributed by atoms with Gasteiger partial charge in [-0.15, -0.1) is 0 Å². The Morgan fingerprint density at radius 2 is 1.93 bits per heavy atom. The van der Waals surface area contributed by atoms with Crippen LogP contribution in [-0.4, -0.2) is 19.5 Å². The van der Waals surface area contributed by atoms with Crippen LogP contribution in [0.4, 0.5) is 11.4 Å². The van der Waals surface area contributed by atoms with E-state index >= 15 is 0 Å². The van der Waals surface area contributed by atoms with Gasteiger partial charge in [0.15, 0.2) is 5.11 Å². The molecule has 4 aromatic rings. The van der Waals surface area contributed by atoms with Crippen molar-refractivity contribution in [2.24, 2.45) is 0 Å². The van der Waals surface area contributed by atoms with Crippen molar-refractivity contribution in [1.29, 1.82) is 0 Å². The van der Waals surface area contributed by atoms with Crippen molar-refractivity contribution in [2.75, 3.05) is 10.6 Å². The summed E-state index contributed by atoms with van der Waals surface area (Å²) in [4.78, 5) is 19.3. The van der Waals surface area contributed by atoms with E-state index < -0.39 is 0 Å². The molecule has 0 saturated carbocycles. The SMILES string of the molecule is O=c1[nH]c2c(n3ccnc13)Cc1cc(NC(=S)Nc3ccccc3)ccc1-2. The van der Waals surface area contributed by atoms with Crippen LogP contribution in [0.25, 0.3) is 16.9 Å². The third-order valence-corrected chi connectivity index (χ3v) is 4.89. The highest BCUT2D eigenvalue weighted by molar-refractivity contribution is 7.80. The van der Waals surface area contributed by atoms with Gasteiger partial charge in [0, 0.05) is 35.8 Å². The molecule has 27 heavy (non-hydrogen) atoms. The minimum absolute atomic E-state index is 0.179. The number of aromatic nitrogens is 3. The molecular weight excluding hydrogens is 358 g/mol. The third kappa shape index (κ3) is 2.69. The average Bonchev–Trinajstić information content (AvgIpc) is 3.27. The highest BCUT2D eigenvalue weighted by atomic mass is 32.1. The Balaban J connectivity index is 1.43. The Labute approximate surface area is 159 Å². The van der Waals surface area contributed by atoms with Gasteiger partial charge in [-0.3, -0.25) is 9.20 Å². The number of imidazole rings is 1. The van der Waals surface area contributed by atoms with Crippen molar-refractivity contribution in [3.8, 4) is 11.3 Å². The minimum atomic E-state index is -0.179. The highest BCUT2D eigenvalue weighted by Crippen LogP contribution is 2.35. The second-order valence-corrected chi connectivity index (χ2v) is 6.80. The summed E-state index contributed by atoms with van der Waals surface area (Å²) in [6.45, 7) is 0. The third-order valence-electron chi connectivity index (χ3n) is 4.68. The molecule has 0 amide bonds. The number of thiocarbonyl (C=S) groups is 1. The summed E-state index contributed by atoms with van der Waals surface area (Å²) in [6, 6.07) is 15.8. The molecule has 2 aromatic heterocycles. The molecule has 0 aliphatic heterocycles. The van der Waals surface area contributed by atoms with E-state index in [4.69, 9.17) is 12.2 Å². The molecule has 6 nitrogen and oxygen atoms in total. The van der Waals surface area contributed by atoms with Gasteiger partial charge in [0.2, 0.25) is 5.65 Å². The fourth-order valence-electron chi connectivity index (χ4n) is 3.50. The standard InChI is InChI=1S/C20H15N5OS/c26-19-18-21-8-9-25(18)16-11-12-10-14(6-7-15(12)17(16)24-19)23-20(27)22-13-4-2-1-3-5-13/h1-10H,11H2,(H,24,26)(H2,22,23,27). The summed E-state index contributed by atoms with van der Waals surface area (Å²) in [5, 5.41) is 6.91. The fraction of sp³-hybridized carbons (Fsp3) is 0.0500. The van der Waals surface area contributed by atoms with Gasteiger partial charge in [0.05, 0.1) is 11.4 Å². The molecule has 7 heteroatoms. The number of anilines is 2. The zero-order chi connectivity index (χ0) is 18.4. The molecule has 132 valence electrons. The van der Waals surface area contributed by atoms with E-state index in [9.17, 15) is 4.79 Å². The molecule has 1 aliphatic carbocycles. The zero-order valence-electron chi connectivity index (χ0n) is 14.2. The van der Waals surface area contributed by atoms with Gasteiger partial charge in [0.25, 0.3) is 5.56 Å². The number of hydrogen-bond acceptors (Lipinski definition) is 3. The summed E-state index contributed by atoms with van der Waals surface area (Å²) >= 11 is 5.40. The average molecular weight is 373 g/mol. The molecule has 0 spiro atoms. The first kappa shape index (κ1) is 15.8. The van der Waals surface area contributed by atoms with Crippen LogP contribution in [-0.2, 0) is 6.42 Å². The predicted octanol–water partition coefficient (Wildman–Crippen LogP) is 3.40. The van der Waals surface area contributed by atoms with Crippen molar-refractivity contribution in [1.82, 2.24) is 14.4 Å². The predicted molar refractivity (Wildman–Crippen MR) is 110 cm³/mol. The van der Waals surface area contributed by atoms with Crippen LogP contribution in [0.3, 0.4) is 0 Å². The van der Waals surface area contributed by atoms with E-state index in [-0.39, 0.29) is 5.56 Å². The van der Waals surface area contributed by atoms with E-state index in [2.05, 4.69) is 26.7 Å². The largest absolute Gasteiger partial charge is 0.332 e. The monoisotopic (exact) mass is 373 g/mol. The van der Waals surface area contributed by atoms with Gasteiger partial charge in [-0.2, -0.15) is 0 Å². The number of rotatable bonds is 2. The summed E-state index contributed by atoms with van der Waals surface area (Å²) < 4.78 is 1.86. The van der Waals surface area contributed by atoms with E-state index in [0.717, 1.165) is 40.3 Å². The number of nitrogens with one attached hydrogen (secondary N) is 3. The quantitative estimate of drug-likeness (QED) is 0.414. The van der Waals surface area contributed by atoms with Crippen LogP contribution in [0.5, 0.6) is 0 Å². The molecule has 0 fully saturated rings. The van der Waals surface area contributed by atoms with Crippen LogP contribution in [0.15, 0.2) is 65.7 Å². The molecule has 3 N–H and O–H groups in total. The number of benzene rings is 2.